The van der Waals surface area contributed by atoms with E-state index in [4.69, 9.17) is 5.73 Å². The third-order valence-corrected chi connectivity index (χ3v) is 3.76. The number of carbonyl (C=O) groups is 1. The summed E-state index contributed by atoms with van der Waals surface area (Å²) in [6.07, 6.45) is 0. The van der Waals surface area contributed by atoms with E-state index < -0.39 is 0 Å². The first-order valence-electron chi connectivity index (χ1n) is 6.56. The number of nitrogens with two attached hydrogens (primary N) is 1. The van der Waals surface area contributed by atoms with E-state index in [0.717, 1.165) is 15.6 Å². The Balaban J connectivity index is 2.99. The van der Waals surface area contributed by atoms with Gasteiger partial charge in [-0.2, -0.15) is 0 Å². The van der Waals surface area contributed by atoms with Gasteiger partial charge in [0.2, 0.25) is 0 Å². The smallest absolute Gasteiger partial charge is 0.254 e. The van der Waals surface area contributed by atoms with E-state index in [1.54, 1.807) is 0 Å². The van der Waals surface area contributed by atoms with E-state index >= 15 is 0 Å². The molecule has 0 saturated carbocycles. The number of halogens is 1. The summed E-state index contributed by atoms with van der Waals surface area (Å²) in [5.41, 5.74) is 7.44. The van der Waals surface area contributed by atoms with E-state index in [1.165, 1.54) is 0 Å². The van der Waals surface area contributed by atoms with E-state index in [-0.39, 0.29) is 11.3 Å². The quantitative estimate of drug-likeness (QED) is 0.903. The van der Waals surface area contributed by atoms with Crippen LogP contribution in [0.15, 0.2) is 22.7 Å². The Kier molecular flexibility index (Phi) is 5.56. The standard InChI is InChI=1S/C15H23BrN2O/c1-5-18(10-15(3,4)9-17)14(19)13-8-12(16)7-6-11(13)2/h6-8H,5,9-10,17H2,1-4H3. The van der Waals surface area contributed by atoms with Crippen molar-refractivity contribution in [2.45, 2.75) is 27.7 Å². The summed E-state index contributed by atoms with van der Waals surface area (Å²) in [6, 6.07) is 5.79. The lowest BCUT2D eigenvalue weighted by molar-refractivity contribution is 0.0700. The van der Waals surface area contributed by atoms with Crippen LogP contribution in [-0.2, 0) is 0 Å². The van der Waals surface area contributed by atoms with Crippen LogP contribution in [0.3, 0.4) is 0 Å². The number of nitrogens with zero attached hydrogens (tertiary/aromatic N) is 1. The van der Waals surface area contributed by atoms with Gasteiger partial charge >= 0.3 is 0 Å². The fraction of sp³-hybridized carbons (Fsp3) is 0.533. The van der Waals surface area contributed by atoms with Crippen LogP contribution in [0.2, 0.25) is 0 Å². The molecule has 1 rings (SSSR count). The Morgan fingerprint density at radius 3 is 2.58 bits per heavy atom. The zero-order valence-electron chi connectivity index (χ0n) is 12.2. The first-order valence-corrected chi connectivity index (χ1v) is 7.35. The highest BCUT2D eigenvalue weighted by Crippen LogP contribution is 2.21. The Morgan fingerprint density at radius 1 is 1.42 bits per heavy atom. The summed E-state index contributed by atoms with van der Waals surface area (Å²) in [6.45, 7) is 10.0. The van der Waals surface area contributed by atoms with E-state index in [2.05, 4.69) is 29.8 Å². The van der Waals surface area contributed by atoms with Gasteiger partial charge in [0, 0.05) is 23.1 Å². The zero-order valence-corrected chi connectivity index (χ0v) is 13.8. The molecule has 19 heavy (non-hydrogen) atoms. The highest BCUT2D eigenvalue weighted by atomic mass is 79.9. The summed E-state index contributed by atoms with van der Waals surface area (Å²) >= 11 is 3.42. The number of carbonyl (C=O) groups excluding carboxylic acids is 1. The van der Waals surface area contributed by atoms with Gasteiger partial charge in [0.05, 0.1) is 0 Å². The van der Waals surface area contributed by atoms with E-state index in [0.29, 0.717) is 19.6 Å². The first-order chi connectivity index (χ1) is 8.80. The van der Waals surface area contributed by atoms with Crippen LogP contribution in [-0.4, -0.2) is 30.4 Å². The highest BCUT2D eigenvalue weighted by Gasteiger charge is 2.24. The summed E-state index contributed by atoms with van der Waals surface area (Å²) in [5, 5.41) is 0. The van der Waals surface area contributed by atoms with Gasteiger partial charge < -0.3 is 10.6 Å². The van der Waals surface area contributed by atoms with Crippen molar-refractivity contribution in [3.63, 3.8) is 0 Å². The van der Waals surface area contributed by atoms with Gasteiger partial charge in [-0.15, -0.1) is 0 Å². The van der Waals surface area contributed by atoms with Crippen molar-refractivity contribution in [3.8, 4) is 0 Å². The molecule has 0 fully saturated rings. The van der Waals surface area contributed by atoms with Gasteiger partial charge in [0.25, 0.3) is 5.91 Å². The lowest BCUT2D eigenvalue weighted by Gasteiger charge is -2.31. The molecule has 0 aliphatic heterocycles. The van der Waals surface area contributed by atoms with Crippen molar-refractivity contribution in [3.05, 3.63) is 33.8 Å². The molecule has 2 N–H and O–H groups in total. The van der Waals surface area contributed by atoms with Crippen molar-refractivity contribution in [1.29, 1.82) is 0 Å². The van der Waals surface area contributed by atoms with Crippen molar-refractivity contribution in [2.24, 2.45) is 11.1 Å². The van der Waals surface area contributed by atoms with E-state index in [9.17, 15) is 4.79 Å². The van der Waals surface area contributed by atoms with Crippen molar-refractivity contribution in [1.82, 2.24) is 4.90 Å². The Labute approximate surface area is 124 Å². The maximum Gasteiger partial charge on any atom is 0.254 e. The molecule has 0 bridgehead atoms. The molecule has 0 spiro atoms. The van der Waals surface area contributed by atoms with E-state index in [1.807, 2.05) is 36.9 Å². The van der Waals surface area contributed by atoms with Crippen LogP contribution in [0.1, 0.15) is 36.7 Å². The van der Waals surface area contributed by atoms with Crippen molar-refractivity contribution >= 4 is 21.8 Å². The fourth-order valence-corrected chi connectivity index (χ4v) is 2.26. The number of benzene rings is 1. The molecular weight excluding hydrogens is 304 g/mol. The van der Waals surface area contributed by atoms with Crippen molar-refractivity contribution < 1.29 is 4.79 Å². The van der Waals surface area contributed by atoms with Gasteiger partial charge in [-0.1, -0.05) is 35.8 Å². The first kappa shape index (κ1) is 16.2. The zero-order chi connectivity index (χ0) is 14.6. The Morgan fingerprint density at radius 2 is 2.05 bits per heavy atom. The molecule has 1 aromatic rings. The minimum atomic E-state index is -0.0639. The molecule has 0 heterocycles. The summed E-state index contributed by atoms with van der Waals surface area (Å²) in [4.78, 5) is 14.5. The molecular formula is C15H23BrN2O. The maximum absolute atomic E-state index is 12.6. The molecule has 0 unspecified atom stereocenters. The fourth-order valence-electron chi connectivity index (χ4n) is 1.90. The number of aryl methyl sites for hydroxylation is 1. The second-order valence-electron chi connectivity index (χ2n) is 5.65. The average molecular weight is 327 g/mol. The van der Waals surface area contributed by atoms with Crippen LogP contribution >= 0.6 is 15.9 Å². The SMILES string of the molecule is CCN(CC(C)(C)CN)C(=O)c1cc(Br)ccc1C. The lowest BCUT2D eigenvalue weighted by Crippen LogP contribution is -2.42. The molecule has 4 heteroatoms. The van der Waals surface area contributed by atoms with Gasteiger partial charge in [-0.25, -0.2) is 0 Å². The largest absolute Gasteiger partial charge is 0.338 e. The Hall–Kier alpha value is -0.870. The minimum absolute atomic E-state index is 0.0639. The molecule has 106 valence electrons. The van der Waals surface area contributed by atoms with Crippen molar-refractivity contribution in [2.75, 3.05) is 19.6 Å². The number of hydrogen-bond donors (Lipinski definition) is 1. The second kappa shape index (κ2) is 6.53. The van der Waals surface area contributed by atoms with Crippen LogP contribution in [0.25, 0.3) is 0 Å². The molecule has 1 amide bonds. The minimum Gasteiger partial charge on any atom is -0.338 e. The number of amides is 1. The van der Waals surface area contributed by atoms with Gasteiger partial charge in [-0.3, -0.25) is 4.79 Å². The average Bonchev–Trinajstić information content (AvgIpc) is 2.38. The second-order valence-corrected chi connectivity index (χ2v) is 6.56. The number of rotatable bonds is 5. The molecule has 0 aliphatic carbocycles. The predicted molar refractivity (Wildman–Crippen MR) is 83.3 cm³/mol. The van der Waals surface area contributed by atoms with Gasteiger partial charge in [0.15, 0.2) is 0 Å². The summed E-state index contributed by atoms with van der Waals surface area (Å²) in [7, 11) is 0. The van der Waals surface area contributed by atoms with Crippen LogP contribution < -0.4 is 5.73 Å². The van der Waals surface area contributed by atoms with Gasteiger partial charge in [0.1, 0.15) is 0 Å². The maximum atomic E-state index is 12.6. The molecule has 1 aromatic carbocycles. The summed E-state index contributed by atoms with van der Waals surface area (Å²) in [5.74, 6) is 0.0721. The monoisotopic (exact) mass is 326 g/mol. The topological polar surface area (TPSA) is 46.3 Å². The summed E-state index contributed by atoms with van der Waals surface area (Å²) < 4.78 is 0.926. The van der Waals surface area contributed by atoms with Crippen LogP contribution in [0.5, 0.6) is 0 Å². The lowest BCUT2D eigenvalue weighted by atomic mass is 9.92. The molecule has 0 radical (unpaired) electrons. The van der Waals surface area contributed by atoms with Crippen LogP contribution in [0, 0.1) is 12.3 Å². The normalized spacial score (nSPS) is 11.5. The molecule has 0 aliphatic rings. The molecule has 0 atom stereocenters. The third kappa shape index (κ3) is 4.32. The number of hydrogen-bond acceptors (Lipinski definition) is 2. The molecule has 0 saturated heterocycles. The highest BCUT2D eigenvalue weighted by molar-refractivity contribution is 9.10. The molecule has 3 nitrogen and oxygen atoms in total. The van der Waals surface area contributed by atoms with Crippen LogP contribution in [0.4, 0.5) is 0 Å². The third-order valence-electron chi connectivity index (χ3n) is 3.27. The molecule has 0 aromatic heterocycles. The predicted octanol–water partition coefficient (Wildman–Crippen LogP) is 3.20. The van der Waals surface area contributed by atoms with Gasteiger partial charge in [-0.05, 0) is 43.5 Å². The Bertz CT molecular complexity index is 457.